The zero-order valence-electron chi connectivity index (χ0n) is 18.3. The summed E-state index contributed by atoms with van der Waals surface area (Å²) < 4.78 is 18.0. The van der Waals surface area contributed by atoms with E-state index in [0.29, 0.717) is 36.3 Å². The molecule has 0 radical (unpaired) electrons. The summed E-state index contributed by atoms with van der Waals surface area (Å²) in [5.74, 6) is 3.24. The number of methoxy groups -OCH3 is 3. The van der Waals surface area contributed by atoms with Crippen LogP contribution in [-0.4, -0.2) is 48.6 Å². The van der Waals surface area contributed by atoms with Crippen LogP contribution >= 0.6 is 0 Å². The van der Waals surface area contributed by atoms with Crippen molar-refractivity contribution >= 4 is 5.96 Å². The Kier molecular flexibility index (Phi) is 7.69. The molecule has 9 nitrogen and oxygen atoms in total. The van der Waals surface area contributed by atoms with E-state index in [1.54, 1.807) is 38.4 Å². The molecule has 0 unspecified atom stereocenters. The topological polar surface area (TPSA) is 94.8 Å². The van der Waals surface area contributed by atoms with Gasteiger partial charge in [-0.15, -0.1) is 0 Å². The van der Waals surface area contributed by atoms with Crippen molar-refractivity contribution in [3.63, 3.8) is 0 Å². The van der Waals surface area contributed by atoms with Gasteiger partial charge in [0, 0.05) is 31.7 Å². The van der Waals surface area contributed by atoms with Crippen molar-refractivity contribution < 1.29 is 14.2 Å². The number of aromatic nitrogens is 3. The molecule has 164 valence electrons. The summed E-state index contributed by atoms with van der Waals surface area (Å²) in [6.07, 6.45) is 5.36. The van der Waals surface area contributed by atoms with E-state index in [-0.39, 0.29) is 0 Å². The van der Waals surface area contributed by atoms with E-state index in [0.717, 1.165) is 23.5 Å². The number of hydrogen-bond acceptors (Lipinski definition) is 6. The molecule has 0 aliphatic carbocycles. The first-order chi connectivity index (χ1) is 15.2. The summed E-state index contributed by atoms with van der Waals surface area (Å²) in [6, 6.07) is 9.61. The fourth-order valence-electron chi connectivity index (χ4n) is 3.02. The molecular formula is C22H28N6O3. The van der Waals surface area contributed by atoms with Crippen molar-refractivity contribution in [1.29, 1.82) is 0 Å². The number of nitrogens with one attached hydrogen (secondary N) is 2. The van der Waals surface area contributed by atoms with Crippen LogP contribution in [0.1, 0.15) is 18.1 Å². The molecule has 31 heavy (non-hydrogen) atoms. The van der Waals surface area contributed by atoms with Crippen LogP contribution in [-0.2, 0) is 13.1 Å². The molecule has 0 aliphatic heterocycles. The SMILES string of the molecule is CCNC(=NCc1cc(OC)c(OC)c(OC)c1)NCc1ccnc(-n2cccn2)c1. The quantitative estimate of drug-likeness (QED) is 0.403. The average Bonchev–Trinajstić information content (AvgIpc) is 3.35. The molecule has 2 aromatic heterocycles. The van der Waals surface area contributed by atoms with Gasteiger partial charge in [-0.05, 0) is 48.4 Å². The van der Waals surface area contributed by atoms with Crippen molar-refractivity contribution in [3.05, 3.63) is 60.0 Å². The lowest BCUT2D eigenvalue weighted by molar-refractivity contribution is 0.324. The number of nitrogens with zero attached hydrogens (tertiary/aromatic N) is 4. The van der Waals surface area contributed by atoms with E-state index < -0.39 is 0 Å². The van der Waals surface area contributed by atoms with E-state index in [1.807, 2.05) is 43.5 Å². The Morgan fingerprint density at radius 2 is 1.77 bits per heavy atom. The molecule has 0 bridgehead atoms. The molecule has 0 fully saturated rings. The van der Waals surface area contributed by atoms with Gasteiger partial charge in [-0.1, -0.05) is 0 Å². The zero-order chi connectivity index (χ0) is 22.1. The Morgan fingerprint density at radius 1 is 1.00 bits per heavy atom. The van der Waals surface area contributed by atoms with Gasteiger partial charge in [0.25, 0.3) is 0 Å². The number of ether oxygens (including phenoxy) is 3. The van der Waals surface area contributed by atoms with Crippen molar-refractivity contribution in [3.8, 4) is 23.1 Å². The van der Waals surface area contributed by atoms with Crippen molar-refractivity contribution in [2.24, 2.45) is 4.99 Å². The summed E-state index contributed by atoms with van der Waals surface area (Å²) in [5, 5.41) is 10.8. The highest BCUT2D eigenvalue weighted by Crippen LogP contribution is 2.38. The van der Waals surface area contributed by atoms with Gasteiger partial charge in [0.2, 0.25) is 5.75 Å². The Balaban J connectivity index is 1.72. The van der Waals surface area contributed by atoms with Gasteiger partial charge in [0.05, 0.1) is 27.9 Å². The van der Waals surface area contributed by atoms with E-state index in [2.05, 4.69) is 25.7 Å². The van der Waals surface area contributed by atoms with E-state index in [1.165, 1.54) is 0 Å². The van der Waals surface area contributed by atoms with Crippen molar-refractivity contribution in [2.75, 3.05) is 27.9 Å². The third-order valence-electron chi connectivity index (χ3n) is 4.50. The largest absolute Gasteiger partial charge is 0.493 e. The molecule has 0 aliphatic rings. The molecule has 0 atom stereocenters. The van der Waals surface area contributed by atoms with Crippen LogP contribution in [0, 0.1) is 0 Å². The molecule has 0 saturated carbocycles. The first kappa shape index (κ1) is 21.9. The third-order valence-corrected chi connectivity index (χ3v) is 4.50. The van der Waals surface area contributed by atoms with Gasteiger partial charge in [0.1, 0.15) is 0 Å². The highest BCUT2D eigenvalue weighted by atomic mass is 16.5. The molecule has 9 heteroatoms. The highest BCUT2D eigenvalue weighted by Gasteiger charge is 2.13. The molecule has 1 aromatic carbocycles. The smallest absolute Gasteiger partial charge is 0.203 e. The van der Waals surface area contributed by atoms with Gasteiger partial charge in [-0.3, -0.25) is 0 Å². The monoisotopic (exact) mass is 424 g/mol. The standard InChI is InChI=1S/C22H28N6O3/c1-5-23-22(25-14-16-7-9-24-20(13-16)28-10-6-8-27-28)26-15-17-11-18(29-2)21(31-4)19(12-17)30-3/h6-13H,5,14-15H2,1-4H3,(H2,23,25,26). The molecule has 3 aromatic rings. The lowest BCUT2D eigenvalue weighted by atomic mass is 10.2. The van der Waals surface area contributed by atoms with Crippen LogP contribution in [0.3, 0.4) is 0 Å². The van der Waals surface area contributed by atoms with Gasteiger partial charge < -0.3 is 24.8 Å². The van der Waals surface area contributed by atoms with Crippen LogP contribution in [0.15, 0.2) is 53.9 Å². The van der Waals surface area contributed by atoms with Crippen LogP contribution < -0.4 is 24.8 Å². The number of benzene rings is 1. The van der Waals surface area contributed by atoms with Crippen LogP contribution in [0.25, 0.3) is 5.82 Å². The van der Waals surface area contributed by atoms with E-state index >= 15 is 0 Å². The predicted molar refractivity (Wildman–Crippen MR) is 119 cm³/mol. The second-order valence-electron chi connectivity index (χ2n) is 6.56. The fourth-order valence-corrected chi connectivity index (χ4v) is 3.02. The van der Waals surface area contributed by atoms with Crippen molar-refractivity contribution in [1.82, 2.24) is 25.4 Å². The van der Waals surface area contributed by atoms with E-state index in [9.17, 15) is 0 Å². The number of rotatable bonds is 9. The summed E-state index contributed by atoms with van der Waals surface area (Å²) >= 11 is 0. The maximum atomic E-state index is 5.42. The Hall–Kier alpha value is -3.75. The molecule has 0 spiro atoms. The summed E-state index contributed by atoms with van der Waals surface area (Å²) in [7, 11) is 4.78. The predicted octanol–water partition coefficient (Wildman–Crippen LogP) is 2.55. The summed E-state index contributed by atoms with van der Waals surface area (Å²) in [5.41, 5.74) is 2.01. The lowest BCUT2D eigenvalue weighted by Gasteiger charge is -2.14. The van der Waals surface area contributed by atoms with Crippen LogP contribution in [0.2, 0.25) is 0 Å². The maximum absolute atomic E-state index is 5.42. The molecule has 3 rings (SSSR count). The molecule has 2 N–H and O–H groups in total. The Morgan fingerprint density at radius 3 is 2.39 bits per heavy atom. The number of pyridine rings is 1. The van der Waals surface area contributed by atoms with Gasteiger partial charge in [-0.25, -0.2) is 14.7 Å². The summed E-state index contributed by atoms with van der Waals surface area (Å²) in [6.45, 7) is 3.81. The van der Waals surface area contributed by atoms with Gasteiger partial charge in [0.15, 0.2) is 23.3 Å². The fraction of sp³-hybridized carbons (Fsp3) is 0.318. The van der Waals surface area contributed by atoms with Crippen molar-refractivity contribution in [2.45, 2.75) is 20.0 Å². The Labute approximate surface area is 182 Å². The normalized spacial score (nSPS) is 11.2. The average molecular weight is 425 g/mol. The molecule has 2 heterocycles. The third kappa shape index (κ3) is 5.65. The second-order valence-corrected chi connectivity index (χ2v) is 6.56. The maximum Gasteiger partial charge on any atom is 0.203 e. The zero-order valence-corrected chi connectivity index (χ0v) is 18.3. The molecule has 0 saturated heterocycles. The first-order valence-electron chi connectivity index (χ1n) is 9.94. The second kappa shape index (κ2) is 10.9. The first-order valence-corrected chi connectivity index (χ1v) is 9.94. The highest BCUT2D eigenvalue weighted by molar-refractivity contribution is 5.79. The van der Waals surface area contributed by atoms with E-state index in [4.69, 9.17) is 14.2 Å². The van der Waals surface area contributed by atoms with Gasteiger partial charge >= 0.3 is 0 Å². The molecule has 0 amide bonds. The number of hydrogen-bond donors (Lipinski definition) is 2. The number of aliphatic imine (C=N–C) groups is 1. The minimum absolute atomic E-state index is 0.445. The summed E-state index contributed by atoms with van der Waals surface area (Å²) in [4.78, 5) is 9.05. The number of guanidine groups is 1. The minimum Gasteiger partial charge on any atom is -0.493 e. The van der Waals surface area contributed by atoms with Gasteiger partial charge in [-0.2, -0.15) is 5.10 Å². The Bertz CT molecular complexity index is 979. The van der Waals surface area contributed by atoms with Crippen LogP contribution in [0.4, 0.5) is 0 Å². The minimum atomic E-state index is 0.445. The van der Waals surface area contributed by atoms with Crippen LogP contribution in [0.5, 0.6) is 17.2 Å². The lowest BCUT2D eigenvalue weighted by Crippen LogP contribution is -2.36. The molecular weight excluding hydrogens is 396 g/mol.